The summed E-state index contributed by atoms with van der Waals surface area (Å²) >= 11 is 0. The highest BCUT2D eigenvalue weighted by molar-refractivity contribution is 5.71. The number of hydrogen-bond donors (Lipinski definition) is 0. The van der Waals surface area contributed by atoms with Crippen LogP contribution in [0.15, 0.2) is 109 Å². The molecule has 0 aliphatic rings. The fourth-order valence-corrected chi connectivity index (χ4v) is 6.75. The molecule has 0 radical (unpaired) electrons. The fourth-order valence-electron chi connectivity index (χ4n) is 6.75. The van der Waals surface area contributed by atoms with Crippen LogP contribution in [0.5, 0.6) is 0 Å². The molecule has 0 spiro atoms. The van der Waals surface area contributed by atoms with E-state index in [0.29, 0.717) is 19.3 Å². The minimum atomic E-state index is -0.807. The van der Waals surface area contributed by atoms with Gasteiger partial charge in [-0.15, -0.1) is 0 Å². The third-order valence-electron chi connectivity index (χ3n) is 10.7. The van der Waals surface area contributed by atoms with E-state index in [-0.39, 0.29) is 31.1 Å². The van der Waals surface area contributed by atoms with E-state index in [1.807, 2.05) is 0 Å². The van der Waals surface area contributed by atoms with E-state index in [4.69, 9.17) is 14.2 Å². The maximum Gasteiger partial charge on any atom is 0.306 e. The summed E-state index contributed by atoms with van der Waals surface area (Å²) in [5.74, 6) is -0.973. The van der Waals surface area contributed by atoms with Gasteiger partial charge >= 0.3 is 17.9 Å². The highest BCUT2D eigenvalue weighted by Crippen LogP contribution is 2.12. The molecule has 6 heteroatoms. The van der Waals surface area contributed by atoms with Crippen molar-refractivity contribution in [2.24, 2.45) is 0 Å². The predicted octanol–water partition coefficient (Wildman–Crippen LogP) is 17.5. The first-order valence-corrected chi connectivity index (χ1v) is 26.4. The molecule has 0 bridgehead atoms. The topological polar surface area (TPSA) is 78.9 Å². The van der Waals surface area contributed by atoms with Gasteiger partial charge in [-0.05, 0) is 122 Å². The summed E-state index contributed by atoms with van der Waals surface area (Å²) in [7, 11) is 0. The van der Waals surface area contributed by atoms with Crippen molar-refractivity contribution in [3.05, 3.63) is 109 Å². The molecule has 0 rings (SSSR count). The lowest BCUT2D eigenvalue weighted by molar-refractivity contribution is -0.167. The van der Waals surface area contributed by atoms with Crippen LogP contribution in [-0.4, -0.2) is 37.2 Å². The molecule has 0 heterocycles. The molecule has 0 amide bonds. The van der Waals surface area contributed by atoms with E-state index in [0.717, 1.165) is 135 Å². The van der Waals surface area contributed by atoms with Crippen LogP contribution >= 0.6 is 0 Å². The zero-order valence-electron chi connectivity index (χ0n) is 42.0. The summed E-state index contributed by atoms with van der Waals surface area (Å²) in [6, 6.07) is 0. The van der Waals surface area contributed by atoms with Crippen molar-refractivity contribution in [1.29, 1.82) is 0 Å². The summed E-state index contributed by atoms with van der Waals surface area (Å²) in [6.07, 6.45) is 70.7. The first kappa shape index (κ1) is 61.1. The van der Waals surface area contributed by atoms with Gasteiger partial charge in [-0.3, -0.25) is 14.4 Å². The molecule has 0 saturated carbocycles. The Hall–Kier alpha value is -3.93. The van der Waals surface area contributed by atoms with Gasteiger partial charge in [0.1, 0.15) is 13.2 Å². The molecular weight excluding hydrogens is 805 g/mol. The maximum absolute atomic E-state index is 12.8. The van der Waals surface area contributed by atoms with Gasteiger partial charge in [-0.25, -0.2) is 0 Å². The SMILES string of the molecule is CC/C=C\C/C=C\C/C=C\C/C=C\C/C=C\CCCCCC(=O)OC[C@H](COC(=O)CCCCCC/C=C\C/C=C\C/C=C\CCCCC)OC(=O)CCCCCCC/C=C\CCCC. The van der Waals surface area contributed by atoms with Crippen molar-refractivity contribution in [3.63, 3.8) is 0 Å². The van der Waals surface area contributed by atoms with Crippen molar-refractivity contribution in [2.45, 2.75) is 232 Å². The Morgan fingerprint density at radius 3 is 1.02 bits per heavy atom. The highest BCUT2D eigenvalue weighted by Gasteiger charge is 2.19. The van der Waals surface area contributed by atoms with Crippen LogP contribution in [0.3, 0.4) is 0 Å². The Kier molecular flexibility index (Phi) is 49.5. The Morgan fingerprint density at radius 2 is 0.615 bits per heavy atom. The molecule has 0 N–H and O–H groups in total. The van der Waals surface area contributed by atoms with E-state index >= 15 is 0 Å². The van der Waals surface area contributed by atoms with Gasteiger partial charge in [0.25, 0.3) is 0 Å². The van der Waals surface area contributed by atoms with Crippen LogP contribution in [0.2, 0.25) is 0 Å². The molecule has 1 atom stereocenters. The van der Waals surface area contributed by atoms with Crippen LogP contribution in [0.25, 0.3) is 0 Å². The van der Waals surface area contributed by atoms with Gasteiger partial charge in [-0.1, -0.05) is 194 Å². The Labute approximate surface area is 400 Å². The number of carbonyl (C=O) groups excluding carboxylic acids is 3. The first-order valence-electron chi connectivity index (χ1n) is 26.4. The molecule has 0 aromatic rings. The Bertz CT molecular complexity index is 1360. The number of allylic oxidation sites excluding steroid dienone is 18. The largest absolute Gasteiger partial charge is 0.462 e. The third-order valence-corrected chi connectivity index (χ3v) is 10.7. The standard InChI is InChI=1S/C59H96O6/c1-4-7-10-13-16-19-22-24-26-28-29-31-33-35-38-40-43-46-49-52-58(61)64-55-56(65-59(62)53-50-47-44-41-36-21-18-15-12-9-6-3)54-63-57(60)51-48-45-42-39-37-34-32-30-27-25-23-20-17-14-11-8-5-2/h7,10,15-20,24-27,29,31-32,34-35,38,56H,4-6,8-9,11-14,21-23,28,30,33,36-37,39-55H2,1-3H3/b10-7-,18-15-,19-16-,20-17-,26-24-,27-25-,31-29-,34-32-,38-35-/t56-/m0/s1. The molecular formula is C59H96O6. The smallest absolute Gasteiger partial charge is 0.306 e. The Balaban J connectivity index is 4.47. The van der Waals surface area contributed by atoms with E-state index in [1.165, 1.54) is 51.4 Å². The second kappa shape index (κ2) is 52.7. The maximum atomic E-state index is 12.8. The van der Waals surface area contributed by atoms with Gasteiger partial charge in [0.05, 0.1) is 0 Å². The molecule has 0 aliphatic carbocycles. The lowest BCUT2D eigenvalue weighted by Gasteiger charge is -2.18. The normalized spacial score (nSPS) is 13.0. The zero-order chi connectivity index (χ0) is 47.2. The van der Waals surface area contributed by atoms with Crippen LogP contribution in [0.4, 0.5) is 0 Å². The van der Waals surface area contributed by atoms with Crippen molar-refractivity contribution >= 4 is 17.9 Å². The van der Waals surface area contributed by atoms with E-state index in [9.17, 15) is 14.4 Å². The van der Waals surface area contributed by atoms with Gasteiger partial charge in [0.15, 0.2) is 6.10 Å². The molecule has 0 aromatic heterocycles. The minimum absolute atomic E-state index is 0.106. The zero-order valence-corrected chi connectivity index (χ0v) is 42.0. The van der Waals surface area contributed by atoms with Crippen LogP contribution < -0.4 is 0 Å². The fraction of sp³-hybridized carbons (Fsp3) is 0.644. The summed E-state index contributed by atoms with van der Waals surface area (Å²) in [5, 5.41) is 0. The second-order valence-electron chi connectivity index (χ2n) is 17.0. The number of hydrogen-bond acceptors (Lipinski definition) is 6. The first-order chi connectivity index (χ1) is 32.0. The molecule has 0 fully saturated rings. The number of rotatable bonds is 46. The van der Waals surface area contributed by atoms with Crippen LogP contribution in [-0.2, 0) is 28.6 Å². The molecule has 65 heavy (non-hydrogen) atoms. The number of esters is 3. The average Bonchev–Trinajstić information content (AvgIpc) is 3.30. The molecule has 0 aliphatic heterocycles. The van der Waals surface area contributed by atoms with Crippen LogP contribution in [0.1, 0.15) is 226 Å². The lowest BCUT2D eigenvalue weighted by Crippen LogP contribution is -2.30. The highest BCUT2D eigenvalue weighted by atomic mass is 16.6. The van der Waals surface area contributed by atoms with Gasteiger partial charge < -0.3 is 14.2 Å². The van der Waals surface area contributed by atoms with Crippen molar-refractivity contribution in [2.75, 3.05) is 13.2 Å². The molecule has 0 saturated heterocycles. The van der Waals surface area contributed by atoms with E-state index < -0.39 is 6.10 Å². The summed E-state index contributed by atoms with van der Waals surface area (Å²) in [4.78, 5) is 38.0. The van der Waals surface area contributed by atoms with Gasteiger partial charge in [0.2, 0.25) is 0 Å². The number of ether oxygens (including phenoxy) is 3. The molecule has 0 aromatic carbocycles. The quantitative estimate of drug-likeness (QED) is 0.0262. The monoisotopic (exact) mass is 901 g/mol. The van der Waals surface area contributed by atoms with E-state index in [1.54, 1.807) is 0 Å². The van der Waals surface area contributed by atoms with E-state index in [2.05, 4.69) is 130 Å². The molecule has 6 nitrogen and oxygen atoms in total. The summed E-state index contributed by atoms with van der Waals surface area (Å²) < 4.78 is 16.7. The number of unbranched alkanes of at least 4 members (excludes halogenated alkanes) is 17. The summed E-state index contributed by atoms with van der Waals surface area (Å²) in [5.41, 5.74) is 0. The van der Waals surface area contributed by atoms with Gasteiger partial charge in [-0.2, -0.15) is 0 Å². The summed E-state index contributed by atoms with van der Waals surface area (Å²) in [6.45, 7) is 6.39. The molecule has 0 unspecified atom stereocenters. The predicted molar refractivity (Wildman–Crippen MR) is 279 cm³/mol. The van der Waals surface area contributed by atoms with Gasteiger partial charge in [0, 0.05) is 19.3 Å². The van der Waals surface area contributed by atoms with Crippen molar-refractivity contribution in [1.82, 2.24) is 0 Å². The third kappa shape index (κ3) is 50.9. The average molecular weight is 901 g/mol. The number of carbonyl (C=O) groups is 3. The second-order valence-corrected chi connectivity index (χ2v) is 17.0. The molecule has 368 valence electrons. The van der Waals surface area contributed by atoms with Crippen molar-refractivity contribution in [3.8, 4) is 0 Å². The van der Waals surface area contributed by atoms with Crippen LogP contribution in [0, 0.1) is 0 Å². The minimum Gasteiger partial charge on any atom is -0.462 e. The lowest BCUT2D eigenvalue weighted by atomic mass is 10.1. The van der Waals surface area contributed by atoms with Crippen molar-refractivity contribution < 1.29 is 28.6 Å². The Morgan fingerprint density at radius 1 is 0.323 bits per heavy atom.